The van der Waals surface area contributed by atoms with Gasteiger partial charge in [0.2, 0.25) is 0 Å². The van der Waals surface area contributed by atoms with Crippen molar-refractivity contribution in [3.8, 4) is 5.88 Å². The van der Waals surface area contributed by atoms with Crippen LogP contribution in [0.2, 0.25) is 0 Å². The minimum Gasteiger partial charge on any atom is -0.461 e. The van der Waals surface area contributed by atoms with E-state index in [0.717, 1.165) is 5.56 Å². The highest BCUT2D eigenvalue weighted by molar-refractivity contribution is 5.81. The second-order valence-corrected chi connectivity index (χ2v) is 5.34. The summed E-state index contributed by atoms with van der Waals surface area (Å²) in [6.45, 7) is -0.0355. The molecule has 26 heavy (non-hydrogen) atoms. The summed E-state index contributed by atoms with van der Waals surface area (Å²) < 4.78 is 42.1. The van der Waals surface area contributed by atoms with Crippen LogP contribution in [0.3, 0.4) is 0 Å². The molecule has 136 valence electrons. The first-order valence-corrected chi connectivity index (χ1v) is 7.40. The second-order valence-electron chi connectivity index (χ2n) is 5.34. The van der Waals surface area contributed by atoms with E-state index in [1.807, 2.05) is 5.32 Å². The molecule has 0 fully saturated rings. The van der Waals surface area contributed by atoms with Crippen LogP contribution in [0.5, 0.6) is 5.88 Å². The Morgan fingerprint density at radius 1 is 1.27 bits per heavy atom. The first-order valence-electron chi connectivity index (χ1n) is 7.40. The Morgan fingerprint density at radius 3 is 2.65 bits per heavy atom. The number of aromatic amines is 2. The van der Waals surface area contributed by atoms with Crippen molar-refractivity contribution in [3.05, 3.63) is 41.7 Å². The lowest BCUT2D eigenvalue weighted by Crippen LogP contribution is -2.36. The molecule has 2 aromatic heterocycles. The van der Waals surface area contributed by atoms with Crippen LogP contribution < -0.4 is 20.8 Å². The molecule has 0 aliphatic rings. The molecule has 0 unspecified atom stereocenters. The number of nitrogens with zero attached hydrogens (tertiary/aromatic N) is 2. The predicted octanol–water partition coefficient (Wildman–Crippen LogP) is 1.11. The van der Waals surface area contributed by atoms with Crippen molar-refractivity contribution in [2.24, 2.45) is 0 Å². The molecule has 1 amide bonds. The molecule has 5 N–H and O–H groups in total. The van der Waals surface area contributed by atoms with E-state index in [1.165, 1.54) is 6.33 Å². The van der Waals surface area contributed by atoms with Crippen molar-refractivity contribution < 1.29 is 27.7 Å². The van der Waals surface area contributed by atoms with E-state index in [4.69, 9.17) is 10.5 Å². The highest BCUT2D eigenvalue weighted by Gasteiger charge is 2.38. The third kappa shape index (κ3) is 3.99. The number of fused-ring (bicyclic) bond motifs is 1. The third-order valence-corrected chi connectivity index (χ3v) is 3.43. The maximum atomic E-state index is 12.1. The SMILES string of the molecule is Nc1nc2nc[nH]c2c(OCc2ccc(CNC(=O)C(F)(F)F)cc2)[nH+]1. The molecule has 0 aliphatic carbocycles. The number of rotatable bonds is 5. The van der Waals surface area contributed by atoms with Gasteiger partial charge in [0.25, 0.3) is 11.5 Å². The lowest BCUT2D eigenvalue weighted by atomic mass is 10.1. The average Bonchev–Trinajstić information content (AvgIpc) is 3.06. The Kier molecular flexibility index (Phi) is 4.61. The van der Waals surface area contributed by atoms with Gasteiger partial charge in [-0.1, -0.05) is 24.3 Å². The number of hydrogen-bond donors (Lipinski definition) is 3. The van der Waals surface area contributed by atoms with Gasteiger partial charge < -0.3 is 15.0 Å². The van der Waals surface area contributed by atoms with Crippen molar-refractivity contribution in [3.63, 3.8) is 0 Å². The number of carbonyl (C=O) groups is 1. The van der Waals surface area contributed by atoms with Gasteiger partial charge in [0.05, 0.1) is 6.33 Å². The topological polar surface area (TPSA) is 120 Å². The van der Waals surface area contributed by atoms with Crippen LogP contribution >= 0.6 is 0 Å². The lowest BCUT2D eigenvalue weighted by Gasteiger charge is -2.09. The molecular formula is C15H14F3N6O2+. The second kappa shape index (κ2) is 6.86. The highest BCUT2D eigenvalue weighted by Crippen LogP contribution is 2.18. The number of halogens is 3. The lowest BCUT2D eigenvalue weighted by molar-refractivity contribution is -0.380. The van der Waals surface area contributed by atoms with Gasteiger partial charge in [0, 0.05) is 6.54 Å². The molecule has 3 aromatic rings. The van der Waals surface area contributed by atoms with E-state index in [-0.39, 0.29) is 19.1 Å². The maximum absolute atomic E-state index is 12.1. The van der Waals surface area contributed by atoms with Crippen LogP contribution in [0, 0.1) is 0 Å². The van der Waals surface area contributed by atoms with E-state index in [1.54, 1.807) is 24.3 Å². The van der Waals surface area contributed by atoms with Crippen molar-refractivity contribution >= 4 is 23.0 Å². The smallest absolute Gasteiger partial charge is 0.461 e. The molecular weight excluding hydrogens is 353 g/mol. The minimum atomic E-state index is -4.89. The van der Waals surface area contributed by atoms with Gasteiger partial charge in [-0.2, -0.15) is 13.2 Å². The summed E-state index contributed by atoms with van der Waals surface area (Å²) in [6.07, 6.45) is -3.43. The number of amides is 1. The number of aromatic nitrogens is 4. The van der Waals surface area contributed by atoms with E-state index in [0.29, 0.717) is 22.6 Å². The van der Waals surface area contributed by atoms with Crippen LogP contribution in [0.1, 0.15) is 11.1 Å². The molecule has 0 saturated heterocycles. The zero-order valence-corrected chi connectivity index (χ0v) is 13.2. The molecule has 0 atom stereocenters. The van der Waals surface area contributed by atoms with Gasteiger partial charge in [0.15, 0.2) is 5.52 Å². The van der Waals surface area contributed by atoms with E-state index >= 15 is 0 Å². The summed E-state index contributed by atoms with van der Waals surface area (Å²) >= 11 is 0. The molecule has 2 heterocycles. The number of alkyl halides is 3. The number of benzene rings is 1. The number of nitrogens with two attached hydrogens (primary N) is 1. The molecule has 3 rings (SSSR count). The van der Waals surface area contributed by atoms with Crippen LogP contribution in [0.15, 0.2) is 30.6 Å². The van der Waals surface area contributed by atoms with E-state index < -0.39 is 12.1 Å². The van der Waals surface area contributed by atoms with Gasteiger partial charge in [-0.3, -0.25) is 10.5 Å². The Balaban J connectivity index is 1.61. The average molecular weight is 367 g/mol. The molecule has 11 heteroatoms. The fraction of sp³-hybridized carbons (Fsp3) is 0.200. The molecule has 0 bridgehead atoms. The molecule has 0 spiro atoms. The number of carbonyl (C=O) groups excluding carboxylic acids is 1. The monoisotopic (exact) mass is 367 g/mol. The Labute approximate surface area is 144 Å². The third-order valence-electron chi connectivity index (χ3n) is 3.43. The Hall–Kier alpha value is -3.37. The van der Waals surface area contributed by atoms with E-state index in [9.17, 15) is 18.0 Å². The van der Waals surface area contributed by atoms with Gasteiger partial charge in [-0.05, 0) is 16.1 Å². The minimum absolute atomic E-state index is 0.148. The largest absolute Gasteiger partial charge is 0.471 e. The van der Waals surface area contributed by atoms with Crippen molar-refractivity contribution in [2.45, 2.75) is 19.3 Å². The highest BCUT2D eigenvalue weighted by atomic mass is 19.4. The van der Waals surface area contributed by atoms with Gasteiger partial charge in [-0.15, -0.1) is 0 Å². The zero-order chi connectivity index (χ0) is 18.7. The van der Waals surface area contributed by atoms with Crippen molar-refractivity contribution in [2.75, 3.05) is 5.73 Å². The summed E-state index contributed by atoms with van der Waals surface area (Å²) in [5.41, 5.74) is 7.92. The Morgan fingerprint density at radius 2 is 1.96 bits per heavy atom. The van der Waals surface area contributed by atoms with Gasteiger partial charge in [0.1, 0.15) is 6.61 Å². The molecule has 8 nitrogen and oxygen atoms in total. The maximum Gasteiger partial charge on any atom is 0.471 e. The molecule has 0 aliphatic heterocycles. The number of nitrogens with one attached hydrogen (secondary N) is 3. The quantitative estimate of drug-likeness (QED) is 0.624. The molecule has 1 aromatic carbocycles. The standard InChI is InChI=1S/C15H13F3N6O2/c16-15(17,18)13(25)20-5-8-1-3-9(4-2-8)6-26-12-10-11(22-7-21-10)23-14(19)24-12/h1-4,7H,5-6H2,(H,20,25)(H3,19,21,22,23,24)/p+1. The van der Waals surface area contributed by atoms with Gasteiger partial charge in [-0.25, -0.2) is 9.97 Å². The van der Waals surface area contributed by atoms with Crippen LogP contribution in [-0.2, 0) is 17.9 Å². The predicted molar refractivity (Wildman–Crippen MR) is 83.5 cm³/mol. The summed E-state index contributed by atoms with van der Waals surface area (Å²) in [5, 5.41) is 1.81. The van der Waals surface area contributed by atoms with E-state index in [2.05, 4.69) is 19.9 Å². The van der Waals surface area contributed by atoms with Crippen LogP contribution in [0.25, 0.3) is 11.2 Å². The molecule has 0 saturated carbocycles. The number of hydrogen-bond acceptors (Lipinski definition) is 5. The number of nitrogen functional groups attached to an aromatic ring is 1. The summed E-state index contributed by atoms with van der Waals surface area (Å²) in [5.74, 6) is -1.46. The summed E-state index contributed by atoms with van der Waals surface area (Å²) in [7, 11) is 0. The van der Waals surface area contributed by atoms with Crippen LogP contribution in [0.4, 0.5) is 19.1 Å². The summed E-state index contributed by atoms with van der Waals surface area (Å²) in [4.78, 5) is 24.5. The fourth-order valence-electron chi connectivity index (χ4n) is 2.16. The van der Waals surface area contributed by atoms with Crippen molar-refractivity contribution in [1.29, 1.82) is 0 Å². The first kappa shape index (κ1) is 17.5. The number of anilines is 1. The van der Waals surface area contributed by atoms with Crippen molar-refractivity contribution in [1.82, 2.24) is 20.3 Å². The number of ether oxygens (including phenoxy) is 1. The first-order chi connectivity index (χ1) is 12.3. The fourth-order valence-corrected chi connectivity index (χ4v) is 2.16. The van der Waals surface area contributed by atoms with Crippen LogP contribution in [-0.4, -0.2) is 27.0 Å². The molecule has 0 radical (unpaired) electrons. The number of imidazole rings is 1. The van der Waals surface area contributed by atoms with Gasteiger partial charge >= 0.3 is 18.0 Å². The Bertz CT molecular complexity index is 923. The number of H-pyrrole nitrogens is 2. The zero-order valence-electron chi connectivity index (χ0n) is 13.2. The normalized spacial score (nSPS) is 11.5. The summed E-state index contributed by atoms with van der Waals surface area (Å²) in [6, 6.07) is 6.57.